The molecule has 43 heavy (non-hydrogen) atoms. The first kappa shape index (κ1) is 23.9. The van der Waals surface area contributed by atoms with Gasteiger partial charge >= 0.3 is 0 Å². The van der Waals surface area contributed by atoms with Crippen molar-refractivity contribution in [2.75, 3.05) is 0 Å². The first-order valence-electron chi connectivity index (χ1n) is 14.4. The third kappa shape index (κ3) is 3.56. The molecule has 204 valence electrons. The number of H-pyrrole nitrogens is 2. The fraction of sp³-hybridized carbons (Fsp3) is 0.0857. The van der Waals surface area contributed by atoms with Crippen LogP contribution in [0.25, 0.3) is 89.7 Å². The molecule has 0 aliphatic carbocycles. The zero-order valence-electron chi connectivity index (χ0n) is 23.4. The van der Waals surface area contributed by atoms with E-state index < -0.39 is 0 Å². The minimum Gasteiger partial charge on any atom is -0.324 e. The van der Waals surface area contributed by atoms with Gasteiger partial charge in [0.15, 0.2) is 23.3 Å². The molecule has 2 aliphatic heterocycles. The summed E-state index contributed by atoms with van der Waals surface area (Å²) < 4.78 is 0. The maximum atomic E-state index is 5.16. The van der Waals surface area contributed by atoms with Crippen LogP contribution in [0.5, 0.6) is 0 Å². The van der Waals surface area contributed by atoms with Crippen molar-refractivity contribution in [2.24, 2.45) is 0 Å². The van der Waals surface area contributed by atoms with Crippen molar-refractivity contribution in [1.82, 2.24) is 39.9 Å². The standard InChI is InChI=1S/C35H24N8/c1-18(2)19-16-9-17-26-27(19)35-42-33-25-15-8-7-14-24(25)31(40-33)38-29-21-11-4-3-10-20(21)28(36-29)37-30-22-12-5-6-13-23(22)32(39-30)41-34(26)43-35/h3-18H,1-2H3,(H2,36,37,38,39,40,41,42,43). The fourth-order valence-electron chi connectivity index (χ4n) is 6.20. The Morgan fingerprint density at radius 3 is 1.30 bits per heavy atom. The number of nitrogens with one attached hydrogen (secondary N) is 2. The highest BCUT2D eigenvalue weighted by molar-refractivity contribution is 6.07. The number of hydrogen-bond donors (Lipinski definition) is 2. The molecule has 3 aromatic heterocycles. The summed E-state index contributed by atoms with van der Waals surface area (Å²) in [6.45, 7) is 4.39. The van der Waals surface area contributed by atoms with Crippen LogP contribution in [0.4, 0.5) is 0 Å². The number of benzene rings is 4. The first-order valence-corrected chi connectivity index (χ1v) is 14.4. The Labute approximate surface area is 245 Å². The summed E-state index contributed by atoms with van der Waals surface area (Å²) in [7, 11) is 0. The second kappa shape index (κ2) is 8.87. The minimum absolute atomic E-state index is 0.281. The highest BCUT2D eigenvalue weighted by atomic mass is 15.1. The molecule has 8 bridgehead atoms. The first-order chi connectivity index (χ1) is 21.1. The summed E-state index contributed by atoms with van der Waals surface area (Å²) in [5.41, 5.74) is 7.70. The van der Waals surface area contributed by atoms with Gasteiger partial charge in [0.1, 0.15) is 22.6 Å². The molecule has 0 saturated carbocycles. The molecule has 2 N–H and O–H groups in total. The van der Waals surface area contributed by atoms with Crippen LogP contribution in [0.2, 0.25) is 0 Å². The highest BCUT2D eigenvalue weighted by Gasteiger charge is 2.22. The van der Waals surface area contributed by atoms with E-state index in [0.717, 1.165) is 43.8 Å². The largest absolute Gasteiger partial charge is 0.324 e. The molecule has 7 aromatic rings. The second-order valence-corrected chi connectivity index (χ2v) is 11.2. The third-order valence-electron chi connectivity index (χ3n) is 8.23. The van der Waals surface area contributed by atoms with Crippen molar-refractivity contribution >= 4 is 44.1 Å². The summed E-state index contributed by atoms with van der Waals surface area (Å²) in [6.07, 6.45) is 0. The van der Waals surface area contributed by atoms with Gasteiger partial charge in [-0.15, -0.1) is 0 Å². The number of nitrogens with zero attached hydrogens (tertiary/aromatic N) is 6. The molecule has 0 radical (unpaired) electrons. The zero-order chi connectivity index (χ0) is 28.7. The molecular formula is C35H24N8. The quantitative estimate of drug-likeness (QED) is 0.212. The SMILES string of the molecule is CC(C)c1cccc2c3nc4nc(nc5[nH]c(nc6nc(nc([nH]3)c12)-c1ccccc1-6)c1ccccc51)-c1ccccc1-4. The van der Waals surface area contributed by atoms with Crippen LogP contribution in [0.3, 0.4) is 0 Å². The Morgan fingerprint density at radius 2 is 0.814 bits per heavy atom. The molecule has 9 rings (SSSR count). The summed E-state index contributed by atoms with van der Waals surface area (Å²) in [4.78, 5) is 37.3. The van der Waals surface area contributed by atoms with E-state index in [1.807, 2.05) is 72.8 Å². The van der Waals surface area contributed by atoms with Crippen LogP contribution < -0.4 is 0 Å². The number of rotatable bonds is 1. The molecule has 2 aliphatic rings. The maximum absolute atomic E-state index is 5.16. The second-order valence-electron chi connectivity index (χ2n) is 11.2. The van der Waals surface area contributed by atoms with Gasteiger partial charge in [-0.2, -0.15) is 0 Å². The lowest BCUT2D eigenvalue weighted by molar-refractivity contribution is 0.877. The molecule has 8 nitrogen and oxygen atoms in total. The van der Waals surface area contributed by atoms with E-state index in [-0.39, 0.29) is 5.92 Å². The van der Waals surface area contributed by atoms with Gasteiger partial charge in [-0.1, -0.05) is 105 Å². The molecule has 0 fully saturated rings. The van der Waals surface area contributed by atoms with Gasteiger partial charge in [-0.25, -0.2) is 29.9 Å². The van der Waals surface area contributed by atoms with Gasteiger partial charge in [0, 0.05) is 43.8 Å². The molecule has 0 saturated heterocycles. The van der Waals surface area contributed by atoms with Crippen molar-refractivity contribution < 1.29 is 0 Å². The predicted octanol–water partition coefficient (Wildman–Crippen LogP) is 7.99. The average Bonchev–Trinajstić information content (AvgIpc) is 3.76. The van der Waals surface area contributed by atoms with Crippen LogP contribution >= 0.6 is 0 Å². The normalized spacial score (nSPS) is 12.2. The number of fused-ring (bicyclic) bond motifs is 20. The lowest BCUT2D eigenvalue weighted by atomic mass is 9.98. The lowest BCUT2D eigenvalue weighted by Crippen LogP contribution is -1.89. The van der Waals surface area contributed by atoms with Gasteiger partial charge in [0.05, 0.1) is 0 Å². The Bertz CT molecular complexity index is 2450. The highest BCUT2D eigenvalue weighted by Crippen LogP contribution is 2.37. The van der Waals surface area contributed by atoms with Crippen LogP contribution in [-0.4, -0.2) is 39.9 Å². The number of hydrogen-bond acceptors (Lipinski definition) is 6. The zero-order valence-corrected chi connectivity index (χ0v) is 23.4. The Balaban J connectivity index is 1.52. The van der Waals surface area contributed by atoms with Gasteiger partial charge in [0.25, 0.3) is 0 Å². The van der Waals surface area contributed by atoms with Crippen molar-refractivity contribution in [1.29, 1.82) is 0 Å². The molecule has 5 heterocycles. The minimum atomic E-state index is 0.281. The fourth-order valence-corrected chi connectivity index (χ4v) is 6.20. The Morgan fingerprint density at radius 1 is 0.419 bits per heavy atom. The Hall–Kier alpha value is -5.76. The van der Waals surface area contributed by atoms with Crippen LogP contribution in [0.15, 0.2) is 91.0 Å². The summed E-state index contributed by atoms with van der Waals surface area (Å²) in [5.74, 6) is 2.69. The Kier molecular flexibility index (Phi) is 4.93. The van der Waals surface area contributed by atoms with E-state index >= 15 is 0 Å². The van der Waals surface area contributed by atoms with Gasteiger partial charge in [-0.05, 0) is 11.5 Å². The molecule has 0 amide bonds. The molecule has 0 atom stereocenters. The van der Waals surface area contributed by atoms with Crippen molar-refractivity contribution in [3.05, 3.63) is 96.6 Å². The predicted molar refractivity (Wildman–Crippen MR) is 170 cm³/mol. The van der Waals surface area contributed by atoms with Gasteiger partial charge in [-0.3, -0.25) is 0 Å². The lowest BCUT2D eigenvalue weighted by Gasteiger charge is -2.06. The summed E-state index contributed by atoms with van der Waals surface area (Å²) in [6, 6.07) is 30.6. The number of aromatic amines is 2. The average molecular weight is 557 g/mol. The monoisotopic (exact) mass is 556 g/mol. The van der Waals surface area contributed by atoms with E-state index in [1.54, 1.807) is 0 Å². The van der Waals surface area contributed by atoms with Gasteiger partial charge in [0.2, 0.25) is 0 Å². The smallest absolute Gasteiger partial charge is 0.164 e. The van der Waals surface area contributed by atoms with Crippen LogP contribution in [-0.2, 0) is 0 Å². The van der Waals surface area contributed by atoms with E-state index in [1.165, 1.54) is 5.56 Å². The molecule has 0 unspecified atom stereocenters. The van der Waals surface area contributed by atoms with E-state index in [4.69, 9.17) is 29.9 Å². The van der Waals surface area contributed by atoms with Crippen molar-refractivity contribution in [3.63, 3.8) is 0 Å². The third-order valence-corrected chi connectivity index (χ3v) is 8.23. The topological polar surface area (TPSA) is 109 Å². The summed E-state index contributed by atoms with van der Waals surface area (Å²) >= 11 is 0. The molecule has 8 heteroatoms. The van der Waals surface area contributed by atoms with Crippen molar-refractivity contribution in [2.45, 2.75) is 19.8 Å². The molecule has 4 aromatic carbocycles. The maximum Gasteiger partial charge on any atom is 0.164 e. The molecule has 0 spiro atoms. The van der Waals surface area contributed by atoms with E-state index in [9.17, 15) is 0 Å². The van der Waals surface area contributed by atoms with E-state index in [2.05, 4.69) is 42.0 Å². The number of aromatic nitrogens is 8. The van der Waals surface area contributed by atoms with Crippen LogP contribution in [0.1, 0.15) is 25.3 Å². The molecular weight excluding hydrogens is 532 g/mol. The van der Waals surface area contributed by atoms with Gasteiger partial charge < -0.3 is 9.97 Å². The summed E-state index contributed by atoms with van der Waals surface area (Å²) in [5, 5.41) is 3.93. The van der Waals surface area contributed by atoms with E-state index in [0.29, 0.717) is 45.9 Å². The van der Waals surface area contributed by atoms with Crippen LogP contribution in [0, 0.1) is 0 Å². The van der Waals surface area contributed by atoms with Crippen molar-refractivity contribution in [3.8, 4) is 45.6 Å².